The fourth-order valence-electron chi connectivity index (χ4n) is 4.20. The van der Waals surface area contributed by atoms with Crippen LogP contribution in [-0.4, -0.2) is 46.4 Å². The number of anilines is 1. The zero-order valence-corrected chi connectivity index (χ0v) is 21.8. The lowest BCUT2D eigenvalue weighted by atomic mass is 9.88. The van der Waals surface area contributed by atoms with Gasteiger partial charge in [-0.05, 0) is 64.2 Å². The first-order valence-electron chi connectivity index (χ1n) is 12.5. The van der Waals surface area contributed by atoms with Crippen molar-refractivity contribution in [2.75, 3.05) is 5.32 Å². The van der Waals surface area contributed by atoms with Gasteiger partial charge in [0.15, 0.2) is 0 Å². The first-order valence-corrected chi connectivity index (χ1v) is 12.5. The Balaban J connectivity index is 2.00. The molecule has 0 spiro atoms. The van der Waals surface area contributed by atoms with E-state index in [4.69, 9.17) is 10.5 Å². The van der Waals surface area contributed by atoms with E-state index >= 15 is 0 Å². The second kappa shape index (κ2) is 11.9. The van der Waals surface area contributed by atoms with Crippen molar-refractivity contribution >= 4 is 29.5 Å². The monoisotopic (exact) mass is 508 g/mol. The molecule has 0 saturated heterocycles. The number of ether oxygens (including phenoxy) is 1. The minimum atomic E-state index is -1.29. The number of benzene rings is 2. The molecule has 9 nitrogen and oxygen atoms in total. The fraction of sp³-hybridized carbons (Fsp3) is 0.429. The maximum atomic E-state index is 14.0. The molecule has 0 heterocycles. The largest absolute Gasteiger partial charge is 0.444 e. The molecule has 2 unspecified atom stereocenters. The Labute approximate surface area is 217 Å². The molecule has 3 rings (SSSR count). The van der Waals surface area contributed by atoms with Gasteiger partial charge in [-0.15, -0.1) is 0 Å². The van der Waals surface area contributed by atoms with Crippen LogP contribution in [0.25, 0.3) is 0 Å². The molecule has 0 aliphatic heterocycles. The van der Waals surface area contributed by atoms with Gasteiger partial charge in [-0.25, -0.2) is 4.79 Å². The first kappa shape index (κ1) is 27.7. The molecule has 0 bridgehead atoms. The van der Waals surface area contributed by atoms with Crippen molar-refractivity contribution in [3.05, 3.63) is 65.7 Å². The summed E-state index contributed by atoms with van der Waals surface area (Å²) in [5.74, 6) is -1.72. The number of rotatable bonds is 9. The Morgan fingerprint density at radius 3 is 2.19 bits per heavy atom. The van der Waals surface area contributed by atoms with Crippen molar-refractivity contribution in [2.24, 2.45) is 5.73 Å². The van der Waals surface area contributed by atoms with E-state index in [2.05, 4.69) is 10.6 Å². The van der Waals surface area contributed by atoms with Gasteiger partial charge in [-0.1, -0.05) is 48.5 Å². The van der Waals surface area contributed by atoms with E-state index in [0.717, 1.165) is 12.0 Å². The third kappa shape index (κ3) is 7.55. The number of para-hydroxylation sites is 1. The Morgan fingerprint density at radius 2 is 1.65 bits per heavy atom. The molecule has 4 amide bonds. The molecule has 0 radical (unpaired) electrons. The molecule has 4 N–H and O–H groups in total. The zero-order chi connectivity index (χ0) is 27.2. The predicted molar refractivity (Wildman–Crippen MR) is 140 cm³/mol. The van der Waals surface area contributed by atoms with Crippen LogP contribution in [0.4, 0.5) is 10.5 Å². The summed E-state index contributed by atoms with van der Waals surface area (Å²) in [6, 6.07) is 13.9. The predicted octanol–water partition coefficient (Wildman–Crippen LogP) is 3.82. The van der Waals surface area contributed by atoms with Crippen LogP contribution < -0.4 is 16.4 Å². The number of nitrogens with zero attached hydrogens (tertiary/aromatic N) is 1. The third-order valence-electron chi connectivity index (χ3n) is 6.16. The van der Waals surface area contributed by atoms with Crippen LogP contribution in [0.15, 0.2) is 54.6 Å². The number of hydrogen-bond donors (Lipinski definition) is 3. The second-order valence-electron chi connectivity index (χ2n) is 10.3. The van der Waals surface area contributed by atoms with Crippen molar-refractivity contribution in [3.63, 3.8) is 0 Å². The summed E-state index contributed by atoms with van der Waals surface area (Å²) in [4.78, 5) is 53.8. The molecule has 198 valence electrons. The summed E-state index contributed by atoms with van der Waals surface area (Å²) in [6.45, 7) is 6.97. The molecule has 2 atom stereocenters. The number of carbonyl (C=O) groups is 4. The maximum absolute atomic E-state index is 14.0. The van der Waals surface area contributed by atoms with Crippen LogP contribution in [0.1, 0.15) is 63.6 Å². The highest BCUT2D eigenvalue weighted by molar-refractivity contribution is 6.00. The lowest BCUT2D eigenvalue weighted by Crippen LogP contribution is -2.57. The molecule has 1 saturated carbocycles. The highest BCUT2D eigenvalue weighted by Crippen LogP contribution is 2.34. The first-order chi connectivity index (χ1) is 17.5. The summed E-state index contributed by atoms with van der Waals surface area (Å²) in [6.07, 6.45) is 1.02. The maximum Gasteiger partial charge on any atom is 0.408 e. The number of nitrogens with one attached hydrogen (secondary N) is 2. The van der Waals surface area contributed by atoms with Crippen molar-refractivity contribution < 1.29 is 23.9 Å². The van der Waals surface area contributed by atoms with Crippen LogP contribution in [0.2, 0.25) is 0 Å². The smallest absolute Gasteiger partial charge is 0.408 e. The van der Waals surface area contributed by atoms with E-state index in [-0.39, 0.29) is 6.04 Å². The van der Waals surface area contributed by atoms with Gasteiger partial charge >= 0.3 is 6.09 Å². The van der Waals surface area contributed by atoms with Gasteiger partial charge in [0.25, 0.3) is 5.91 Å². The molecule has 9 heteroatoms. The van der Waals surface area contributed by atoms with Gasteiger partial charge in [0.1, 0.15) is 17.7 Å². The minimum Gasteiger partial charge on any atom is -0.444 e. The summed E-state index contributed by atoms with van der Waals surface area (Å²) in [7, 11) is 0. The summed E-state index contributed by atoms with van der Waals surface area (Å²) < 4.78 is 5.31. The number of amides is 4. The normalized spacial score (nSPS) is 15.0. The standard InChI is InChI=1S/C28H36N4O5/c1-18-11-8-9-16-21(18)30-25(34)24(19-12-6-5-7-13-19)32(20-14-10-15-20)26(35)22(17-23(29)33)31-27(36)37-28(2,3)4/h5-9,11-13,16,20,22,24H,10,14-15,17H2,1-4H3,(H2,29,33)(H,30,34)(H,31,36). The number of primary amides is 1. The number of nitrogens with two attached hydrogens (primary N) is 1. The average molecular weight is 509 g/mol. The number of hydrogen-bond acceptors (Lipinski definition) is 5. The van der Waals surface area contributed by atoms with Gasteiger partial charge in [0.2, 0.25) is 11.8 Å². The summed E-state index contributed by atoms with van der Waals surface area (Å²) in [5.41, 5.74) is 6.76. The average Bonchev–Trinajstić information content (AvgIpc) is 2.77. The van der Waals surface area contributed by atoms with Crippen molar-refractivity contribution in [1.29, 1.82) is 0 Å². The van der Waals surface area contributed by atoms with Crippen molar-refractivity contribution in [2.45, 2.75) is 77.1 Å². The minimum absolute atomic E-state index is 0.240. The Kier molecular flexibility index (Phi) is 8.91. The van der Waals surface area contributed by atoms with Gasteiger partial charge in [-0.2, -0.15) is 0 Å². The lowest BCUT2D eigenvalue weighted by Gasteiger charge is -2.43. The Hall–Kier alpha value is -3.88. The van der Waals surface area contributed by atoms with E-state index < -0.39 is 47.9 Å². The quantitative estimate of drug-likeness (QED) is 0.474. The Morgan fingerprint density at radius 1 is 1.03 bits per heavy atom. The molecule has 1 aliphatic rings. The molecule has 2 aromatic carbocycles. The molecule has 0 aromatic heterocycles. The van der Waals surface area contributed by atoms with Gasteiger partial charge in [0, 0.05) is 11.7 Å². The molecule has 37 heavy (non-hydrogen) atoms. The van der Waals surface area contributed by atoms with Gasteiger partial charge < -0.3 is 26.0 Å². The molecular weight excluding hydrogens is 472 g/mol. The fourth-order valence-corrected chi connectivity index (χ4v) is 4.20. The number of aryl methyl sites for hydroxylation is 1. The molecular formula is C28H36N4O5. The molecule has 1 aliphatic carbocycles. The van der Waals surface area contributed by atoms with Crippen molar-refractivity contribution in [1.82, 2.24) is 10.2 Å². The second-order valence-corrected chi connectivity index (χ2v) is 10.3. The lowest BCUT2D eigenvalue weighted by molar-refractivity contribution is -0.146. The van der Waals surface area contributed by atoms with E-state index in [1.807, 2.05) is 31.2 Å². The van der Waals surface area contributed by atoms with Crippen LogP contribution in [-0.2, 0) is 19.1 Å². The van der Waals surface area contributed by atoms with Gasteiger partial charge in [-0.3, -0.25) is 14.4 Å². The van der Waals surface area contributed by atoms with Crippen molar-refractivity contribution in [3.8, 4) is 0 Å². The van der Waals surface area contributed by atoms with E-state index in [0.29, 0.717) is 24.1 Å². The van der Waals surface area contributed by atoms with Crippen LogP contribution in [0.3, 0.4) is 0 Å². The molecule has 2 aromatic rings. The molecule has 1 fully saturated rings. The highest BCUT2D eigenvalue weighted by atomic mass is 16.6. The number of carbonyl (C=O) groups excluding carboxylic acids is 4. The SMILES string of the molecule is Cc1ccccc1NC(=O)C(c1ccccc1)N(C(=O)C(CC(N)=O)NC(=O)OC(C)(C)C)C1CCC1. The van der Waals surface area contributed by atoms with E-state index in [9.17, 15) is 19.2 Å². The summed E-state index contributed by atoms with van der Waals surface area (Å²) in [5, 5.41) is 5.47. The van der Waals surface area contributed by atoms with E-state index in [1.54, 1.807) is 51.1 Å². The third-order valence-corrected chi connectivity index (χ3v) is 6.16. The Bertz CT molecular complexity index is 1120. The van der Waals surface area contributed by atoms with Crippen LogP contribution >= 0.6 is 0 Å². The van der Waals surface area contributed by atoms with E-state index in [1.165, 1.54) is 4.90 Å². The number of alkyl carbamates (subject to hydrolysis) is 1. The summed E-state index contributed by atoms with van der Waals surface area (Å²) >= 11 is 0. The zero-order valence-electron chi connectivity index (χ0n) is 21.8. The van der Waals surface area contributed by atoms with Crippen LogP contribution in [0, 0.1) is 6.92 Å². The van der Waals surface area contributed by atoms with Crippen LogP contribution in [0.5, 0.6) is 0 Å². The topological polar surface area (TPSA) is 131 Å². The highest BCUT2D eigenvalue weighted by Gasteiger charge is 2.42. The van der Waals surface area contributed by atoms with Gasteiger partial charge in [0.05, 0.1) is 6.42 Å².